The van der Waals surface area contributed by atoms with Gasteiger partial charge in [-0.2, -0.15) is 0 Å². The smallest absolute Gasteiger partial charge is 0.407 e. The van der Waals surface area contributed by atoms with Crippen LogP contribution in [0.1, 0.15) is 52.9 Å². The molecule has 0 saturated heterocycles. The monoisotopic (exact) mass is 387 g/mol. The lowest BCUT2D eigenvalue weighted by Crippen LogP contribution is -2.31. The summed E-state index contributed by atoms with van der Waals surface area (Å²) >= 11 is 0. The Morgan fingerprint density at radius 1 is 0.889 bits per heavy atom. The van der Waals surface area contributed by atoms with Gasteiger partial charge in [-0.3, -0.25) is 4.79 Å². The quantitative estimate of drug-likeness (QED) is 0.287. The van der Waals surface area contributed by atoms with Crippen LogP contribution in [0.5, 0.6) is 0 Å². The molecule has 0 rings (SSSR count). The molecule has 7 nitrogen and oxygen atoms in total. The zero-order valence-electron chi connectivity index (χ0n) is 17.2. The molecule has 0 aromatic carbocycles. The van der Waals surface area contributed by atoms with E-state index in [0.717, 1.165) is 25.7 Å². The molecule has 0 fully saturated rings. The normalized spacial score (nSPS) is 10.8. The van der Waals surface area contributed by atoms with Gasteiger partial charge in [0.1, 0.15) is 6.10 Å². The maximum Gasteiger partial charge on any atom is 0.407 e. The highest BCUT2D eigenvalue weighted by molar-refractivity contribution is 5.94. The topological polar surface area (TPSA) is 83.1 Å². The molecule has 0 radical (unpaired) electrons. The fourth-order valence-corrected chi connectivity index (χ4v) is 2.24. The highest BCUT2D eigenvalue weighted by atomic mass is 16.6. The van der Waals surface area contributed by atoms with E-state index in [1.54, 1.807) is 6.92 Å². The summed E-state index contributed by atoms with van der Waals surface area (Å²) in [6, 6.07) is 0. The number of carbonyl (C=O) groups is 2. The van der Waals surface area contributed by atoms with Gasteiger partial charge in [-0.15, -0.1) is 0 Å². The Labute approximate surface area is 163 Å². The summed E-state index contributed by atoms with van der Waals surface area (Å²) in [5.41, 5.74) is 0.552. The molecular weight excluding hydrogens is 350 g/mol. The van der Waals surface area contributed by atoms with E-state index in [9.17, 15) is 9.59 Å². The third-order valence-electron chi connectivity index (χ3n) is 3.70. The lowest BCUT2D eigenvalue weighted by molar-refractivity contribution is -0.116. The second kappa shape index (κ2) is 17.9. The number of carbonyl (C=O) groups excluding carboxylic acids is 2. The Kier molecular flexibility index (Phi) is 17.0. The molecule has 1 amide bonds. The highest BCUT2D eigenvalue weighted by Crippen LogP contribution is 2.09. The summed E-state index contributed by atoms with van der Waals surface area (Å²) in [6.07, 6.45) is 3.74. The van der Waals surface area contributed by atoms with Crippen LogP contribution in [-0.4, -0.2) is 64.2 Å². The van der Waals surface area contributed by atoms with Gasteiger partial charge in [0.15, 0.2) is 5.78 Å². The van der Waals surface area contributed by atoms with Gasteiger partial charge in [-0.05, 0) is 25.3 Å². The van der Waals surface area contributed by atoms with Crippen LogP contribution in [0.3, 0.4) is 0 Å². The fraction of sp³-hybridized carbons (Fsp3) is 0.800. The van der Waals surface area contributed by atoms with Crippen molar-refractivity contribution in [1.29, 1.82) is 0 Å². The van der Waals surface area contributed by atoms with Gasteiger partial charge in [0.05, 0.1) is 39.6 Å². The SMILES string of the molecule is C=C(C)C(=O)CCOCCOCCOCCNC(=O)OC(CCC)CCC. The fourth-order valence-electron chi connectivity index (χ4n) is 2.24. The second-order valence-electron chi connectivity index (χ2n) is 6.32. The van der Waals surface area contributed by atoms with Gasteiger partial charge >= 0.3 is 6.09 Å². The van der Waals surface area contributed by atoms with Gasteiger partial charge in [-0.1, -0.05) is 33.3 Å². The lowest BCUT2D eigenvalue weighted by Gasteiger charge is -2.16. The van der Waals surface area contributed by atoms with Crippen LogP contribution < -0.4 is 5.32 Å². The van der Waals surface area contributed by atoms with Gasteiger partial charge in [0.2, 0.25) is 0 Å². The zero-order valence-corrected chi connectivity index (χ0v) is 17.2. The molecule has 7 heteroatoms. The molecule has 27 heavy (non-hydrogen) atoms. The third kappa shape index (κ3) is 16.5. The molecule has 0 aliphatic heterocycles. The van der Waals surface area contributed by atoms with Crippen LogP contribution in [0.4, 0.5) is 4.79 Å². The van der Waals surface area contributed by atoms with Gasteiger partial charge in [0, 0.05) is 13.0 Å². The molecule has 0 heterocycles. The number of alkyl carbamates (subject to hydrolysis) is 1. The van der Waals surface area contributed by atoms with E-state index in [1.165, 1.54) is 0 Å². The van der Waals surface area contributed by atoms with Gasteiger partial charge in [0.25, 0.3) is 0 Å². The summed E-state index contributed by atoms with van der Waals surface area (Å²) in [5.74, 6) is 0.0213. The minimum Gasteiger partial charge on any atom is -0.446 e. The van der Waals surface area contributed by atoms with E-state index >= 15 is 0 Å². The number of ketones is 1. The third-order valence-corrected chi connectivity index (χ3v) is 3.70. The summed E-state index contributed by atoms with van der Waals surface area (Å²) in [7, 11) is 0. The van der Waals surface area contributed by atoms with Crippen LogP contribution >= 0.6 is 0 Å². The lowest BCUT2D eigenvalue weighted by atomic mass is 10.1. The number of hydrogen-bond acceptors (Lipinski definition) is 6. The second-order valence-corrected chi connectivity index (χ2v) is 6.32. The molecule has 0 unspecified atom stereocenters. The molecule has 158 valence electrons. The number of ether oxygens (including phenoxy) is 4. The summed E-state index contributed by atoms with van der Waals surface area (Å²) < 4.78 is 21.4. The molecular formula is C20H37NO6. The Hall–Kier alpha value is -1.44. The minimum atomic E-state index is -0.385. The largest absolute Gasteiger partial charge is 0.446 e. The molecule has 0 aliphatic rings. The minimum absolute atomic E-state index is 0.00421. The molecule has 0 aromatic heterocycles. The average Bonchev–Trinajstić information content (AvgIpc) is 2.62. The number of allylic oxidation sites excluding steroid dienone is 1. The van der Waals surface area contributed by atoms with Crippen molar-refractivity contribution in [3.63, 3.8) is 0 Å². The number of hydrogen-bond donors (Lipinski definition) is 1. The Morgan fingerprint density at radius 3 is 1.93 bits per heavy atom. The van der Waals surface area contributed by atoms with Crippen molar-refractivity contribution >= 4 is 11.9 Å². The Bertz CT molecular complexity index is 407. The first-order chi connectivity index (χ1) is 13.0. The van der Waals surface area contributed by atoms with Crippen molar-refractivity contribution < 1.29 is 28.5 Å². The maximum atomic E-state index is 11.7. The van der Waals surface area contributed by atoms with Gasteiger partial charge < -0.3 is 24.3 Å². The van der Waals surface area contributed by atoms with E-state index < -0.39 is 0 Å². The molecule has 0 atom stereocenters. The van der Waals surface area contributed by atoms with Crippen molar-refractivity contribution in [3.05, 3.63) is 12.2 Å². The van der Waals surface area contributed by atoms with Crippen molar-refractivity contribution in [2.75, 3.05) is 46.2 Å². The van der Waals surface area contributed by atoms with Gasteiger partial charge in [-0.25, -0.2) is 4.79 Å². The highest BCUT2D eigenvalue weighted by Gasteiger charge is 2.12. The van der Waals surface area contributed by atoms with Crippen molar-refractivity contribution in [1.82, 2.24) is 5.32 Å². The summed E-state index contributed by atoms with van der Waals surface area (Å²) in [6.45, 7) is 12.4. The molecule has 0 aliphatic carbocycles. The first-order valence-corrected chi connectivity index (χ1v) is 9.87. The predicted octanol–water partition coefficient (Wildman–Crippen LogP) is 3.27. The average molecular weight is 388 g/mol. The van der Waals surface area contributed by atoms with E-state index in [2.05, 4.69) is 25.7 Å². The Morgan fingerprint density at radius 2 is 1.41 bits per heavy atom. The molecule has 0 spiro atoms. The molecule has 0 bridgehead atoms. The van der Waals surface area contributed by atoms with Crippen molar-refractivity contribution in [3.8, 4) is 0 Å². The van der Waals surface area contributed by atoms with Crippen molar-refractivity contribution in [2.45, 2.75) is 59.0 Å². The van der Waals surface area contributed by atoms with E-state index in [4.69, 9.17) is 18.9 Å². The van der Waals surface area contributed by atoms with Crippen molar-refractivity contribution in [2.24, 2.45) is 0 Å². The summed E-state index contributed by atoms with van der Waals surface area (Å²) in [4.78, 5) is 23.0. The molecule has 0 aromatic rings. The van der Waals surface area contributed by atoms with E-state index in [1.807, 2.05) is 0 Å². The van der Waals surface area contributed by atoms with Crippen LogP contribution in [-0.2, 0) is 23.7 Å². The molecule has 1 N–H and O–H groups in total. The first kappa shape index (κ1) is 25.6. The van der Waals surface area contributed by atoms with E-state index in [-0.39, 0.29) is 18.0 Å². The predicted molar refractivity (Wildman–Crippen MR) is 105 cm³/mol. The molecule has 0 saturated carbocycles. The van der Waals surface area contributed by atoms with Crippen LogP contribution in [0.25, 0.3) is 0 Å². The number of Topliss-reactive ketones (excluding diaryl/α,β-unsaturated/α-hetero) is 1. The maximum absolute atomic E-state index is 11.7. The number of rotatable bonds is 18. The zero-order chi connectivity index (χ0) is 20.3. The van der Waals surface area contributed by atoms with Crippen LogP contribution in [0, 0.1) is 0 Å². The summed E-state index contributed by atoms with van der Waals surface area (Å²) in [5, 5.41) is 2.69. The number of amides is 1. The van der Waals surface area contributed by atoms with E-state index in [0.29, 0.717) is 58.2 Å². The number of nitrogens with one attached hydrogen (secondary N) is 1. The van der Waals surface area contributed by atoms with Crippen LogP contribution in [0.2, 0.25) is 0 Å². The standard InChI is InChI=1S/C20H37NO6/c1-5-7-18(8-6-2)27-20(23)21-10-12-25-14-16-26-15-13-24-11-9-19(22)17(3)4/h18H,3,5-16H2,1-2,4H3,(H,21,23). The van der Waals surface area contributed by atoms with Crippen LogP contribution in [0.15, 0.2) is 12.2 Å². The first-order valence-electron chi connectivity index (χ1n) is 9.87. The Balaban J connectivity index is 3.40.